The maximum atomic E-state index is 14.5. The lowest BCUT2D eigenvalue weighted by Gasteiger charge is -2.15. The highest BCUT2D eigenvalue weighted by Gasteiger charge is 2.16. The van der Waals surface area contributed by atoms with Gasteiger partial charge in [-0.1, -0.05) is 6.05 Å². The molecule has 0 saturated carbocycles. The third-order valence-electron chi connectivity index (χ3n) is 4.07. The van der Waals surface area contributed by atoms with Crippen LogP contribution in [0.25, 0.3) is 10.9 Å². The first-order valence-corrected chi connectivity index (χ1v) is 9.15. The number of hydrogen-bond donors (Lipinski definition) is 1. The predicted octanol–water partition coefficient (Wildman–Crippen LogP) is 4.93. The summed E-state index contributed by atoms with van der Waals surface area (Å²) in [7, 11) is 0.825. The summed E-state index contributed by atoms with van der Waals surface area (Å²) in [5.41, 5.74) is -3.64. The first kappa shape index (κ1) is 10.0. The second-order valence-corrected chi connectivity index (χ2v) is 6.49. The molecule has 0 atom stereocenters. The molecule has 0 unspecified atom stereocenters. The van der Waals surface area contributed by atoms with Crippen LogP contribution in [0, 0.1) is 24.1 Å². The zero-order valence-corrected chi connectivity index (χ0v) is 17.3. The number of nitrogens with zero attached hydrogens (tertiary/aromatic N) is 3. The van der Waals surface area contributed by atoms with Crippen LogP contribution < -0.4 is 10.1 Å². The van der Waals surface area contributed by atoms with Crippen molar-refractivity contribution in [1.29, 1.82) is 5.26 Å². The Kier molecular flexibility index (Phi) is 3.25. The van der Waals surface area contributed by atoms with Gasteiger partial charge in [0.2, 0.25) is 0 Å². The van der Waals surface area contributed by atoms with Crippen molar-refractivity contribution in [3.8, 4) is 11.8 Å². The van der Waals surface area contributed by atoms with Crippen molar-refractivity contribution in [2.24, 2.45) is 0 Å². The Morgan fingerprint density at radius 1 is 1.48 bits per heavy atom. The number of anilines is 2. The van der Waals surface area contributed by atoms with E-state index in [2.05, 4.69) is 10.3 Å². The Balaban J connectivity index is 2.45. The molecule has 7 heteroatoms. The number of allylic oxidation sites excluding steroid dienone is 1. The van der Waals surface area contributed by atoms with Gasteiger partial charge >= 0.3 is 0 Å². The van der Waals surface area contributed by atoms with Gasteiger partial charge in [-0.15, -0.1) is 0 Å². The summed E-state index contributed by atoms with van der Waals surface area (Å²) in [5, 5.41) is 11.8. The summed E-state index contributed by atoms with van der Waals surface area (Å²) in [5.74, 6) is -3.47. The molecule has 3 aromatic rings. The molecule has 0 aliphatic carbocycles. The fourth-order valence-electron chi connectivity index (χ4n) is 2.65. The van der Waals surface area contributed by atoms with E-state index in [0.717, 1.165) is 14.0 Å². The number of pyridine rings is 1. The van der Waals surface area contributed by atoms with Gasteiger partial charge in [0.15, 0.2) is 5.78 Å². The van der Waals surface area contributed by atoms with E-state index in [0.29, 0.717) is 6.08 Å². The van der Waals surface area contributed by atoms with Crippen molar-refractivity contribution >= 4 is 28.1 Å². The summed E-state index contributed by atoms with van der Waals surface area (Å²) < 4.78 is 155. The molecule has 0 bridgehead atoms. The molecule has 2 aromatic carbocycles. The van der Waals surface area contributed by atoms with E-state index < -0.39 is 126 Å². The molecule has 0 fully saturated rings. The van der Waals surface area contributed by atoms with Crippen LogP contribution in [0.4, 0.5) is 15.8 Å². The van der Waals surface area contributed by atoms with E-state index in [4.69, 9.17) is 28.0 Å². The van der Waals surface area contributed by atoms with Crippen LogP contribution in [0.15, 0.2) is 48.5 Å². The van der Waals surface area contributed by atoms with Gasteiger partial charge in [-0.05, 0) is 63.6 Å². The molecule has 0 radical (unpaired) electrons. The molecule has 170 valence electrons. The first-order chi connectivity index (χ1) is 22.6. The number of aromatic nitrogens is 1. The summed E-state index contributed by atoms with van der Waals surface area (Å²) >= 11 is 0. The average molecular weight is 464 g/mol. The van der Waals surface area contributed by atoms with Gasteiger partial charge in [0.1, 0.15) is 17.6 Å². The molecule has 0 aliphatic rings. The van der Waals surface area contributed by atoms with Crippen molar-refractivity contribution in [2.75, 3.05) is 32.4 Å². The lowest BCUT2D eigenvalue weighted by atomic mass is 10.0. The summed E-state index contributed by atoms with van der Waals surface area (Å²) in [6.07, 6.45) is -1.64. The van der Waals surface area contributed by atoms with Crippen LogP contribution in [0.5, 0.6) is 5.75 Å². The van der Waals surface area contributed by atoms with Crippen LogP contribution in [0.1, 0.15) is 46.8 Å². The minimum absolute atomic E-state index is 0.186. The average Bonchev–Trinajstić information content (AvgIpc) is 2.99. The largest absolute Gasteiger partial charge is 0.494 e. The van der Waals surface area contributed by atoms with Gasteiger partial charge < -0.3 is 15.0 Å². The summed E-state index contributed by atoms with van der Waals surface area (Å²) in [4.78, 5) is 17.3. The van der Waals surface area contributed by atoms with Crippen molar-refractivity contribution in [3.63, 3.8) is 0 Å². The van der Waals surface area contributed by atoms with E-state index in [1.807, 2.05) is 0 Å². The van der Waals surface area contributed by atoms with Gasteiger partial charge in [-0.25, -0.2) is 4.39 Å². The van der Waals surface area contributed by atoms with Gasteiger partial charge in [0.05, 0.1) is 35.7 Å². The third-order valence-corrected chi connectivity index (χ3v) is 4.07. The van der Waals surface area contributed by atoms with E-state index in [9.17, 15) is 14.4 Å². The first-order valence-electron chi connectivity index (χ1n) is 17.7. The molecule has 0 amide bonds. The number of carbonyl (C=O) groups excluding carboxylic acids is 1. The number of hydrogen-bond acceptors (Lipinski definition) is 6. The van der Waals surface area contributed by atoms with Crippen molar-refractivity contribution in [2.45, 2.75) is 20.2 Å². The number of ketones is 1. The second kappa shape index (κ2) is 10.7. The fraction of sp³-hybridized carbons (Fsp3) is 0.269. The number of rotatable bonds is 9. The fourth-order valence-corrected chi connectivity index (χ4v) is 2.65. The smallest absolute Gasteiger partial charge is 0.159 e. The Morgan fingerprint density at radius 2 is 2.33 bits per heavy atom. The normalized spacial score (nSPS) is 20.6. The molecule has 1 heterocycles. The highest BCUT2D eigenvalue weighted by molar-refractivity contribution is 5.98. The number of benzene rings is 2. The lowest BCUT2D eigenvalue weighted by molar-refractivity contribution is -0.114. The van der Waals surface area contributed by atoms with E-state index in [-0.39, 0.29) is 10.5 Å². The number of carbonyl (C=O) groups is 1. The Bertz CT molecular complexity index is 1940. The second-order valence-electron chi connectivity index (χ2n) is 6.49. The number of nitriles is 1. The topological polar surface area (TPSA) is 78.2 Å². The number of fused-ring (bicyclic) bond motifs is 1. The zero-order valence-electron chi connectivity index (χ0n) is 34.3. The number of nitrogens with one attached hydrogen (secondary N) is 1. The number of ether oxygens (including phenoxy) is 1. The minimum Gasteiger partial charge on any atom is -0.494 e. The van der Waals surface area contributed by atoms with Gasteiger partial charge in [-0.3, -0.25) is 9.78 Å². The zero-order chi connectivity index (χ0) is 38.6. The Hall–Kier alpha value is -3.76. The Labute approximate surface area is 217 Å². The highest BCUT2D eigenvalue weighted by Crippen LogP contribution is 2.34. The van der Waals surface area contributed by atoms with Crippen LogP contribution >= 0.6 is 0 Å². The highest BCUT2D eigenvalue weighted by atomic mass is 19.1. The third kappa shape index (κ3) is 5.93. The molecule has 0 aliphatic heterocycles. The standard InChI is InChI=1S/C26H27FN4O2/c1-5-33-25-14-24-22(13-18(25)12-21(32)7-6-10-31(3)4)26(19(15-28)16-29-24)30-20-8-9-23(27)17(2)11-20/h6-9,11,13-14,16H,5,10,12H2,1-4H3,(H,29,30)/b7-6+/i1D3,3D3,5D2,6D,8D,9D,10D2,11D,13D,14D,16D. The predicted molar refractivity (Wildman–Crippen MR) is 128 cm³/mol. The van der Waals surface area contributed by atoms with Crippen LogP contribution in [0.3, 0.4) is 0 Å². The quantitative estimate of drug-likeness (QED) is 0.454. The van der Waals surface area contributed by atoms with Crippen LogP contribution in [-0.4, -0.2) is 42.7 Å². The number of halogens is 1. The molecular formula is C26H27FN4O2. The van der Waals surface area contributed by atoms with Crippen molar-refractivity contribution < 1.29 is 37.2 Å². The van der Waals surface area contributed by atoms with E-state index >= 15 is 0 Å². The molecule has 33 heavy (non-hydrogen) atoms. The molecule has 1 N–H and O–H groups in total. The minimum atomic E-state index is -3.58. The summed E-state index contributed by atoms with van der Waals surface area (Å²) in [6, 6.07) is -3.92. The molecule has 1 aromatic heterocycles. The molecule has 0 saturated heterocycles. The van der Waals surface area contributed by atoms with Crippen molar-refractivity contribution in [1.82, 2.24) is 9.88 Å². The summed E-state index contributed by atoms with van der Waals surface area (Å²) in [6.45, 7) is -12.1. The number of likely N-dealkylation sites (N-methyl/N-ethyl adjacent to an activating group) is 1. The van der Waals surface area contributed by atoms with E-state index in [1.54, 1.807) is 6.07 Å². The Morgan fingerprint density at radius 3 is 3.09 bits per heavy atom. The van der Waals surface area contributed by atoms with Crippen LogP contribution in [0.2, 0.25) is 0 Å². The van der Waals surface area contributed by atoms with E-state index in [1.165, 1.54) is 0 Å². The maximum Gasteiger partial charge on any atom is 0.159 e. The van der Waals surface area contributed by atoms with Gasteiger partial charge in [0, 0.05) is 52.7 Å². The maximum absolute atomic E-state index is 14.5. The SMILES string of the molecule is [2H]/C(=C\C(=O)Cc1c(OC([2H])([2H])C([2H])([2H])[2H])c([2H])c2nc([2H])c(C#N)c(Nc3c([2H])c([2H])c(F)c(C)c3[2H])c2c1[2H])C([2H])([2H])N(C)C([2H])([2H])[2H]. The lowest BCUT2D eigenvalue weighted by Crippen LogP contribution is -2.11. The van der Waals surface area contributed by atoms with Crippen molar-refractivity contribution in [3.05, 3.63) is 71.0 Å². The monoisotopic (exact) mass is 463 g/mol. The molecule has 6 nitrogen and oxygen atoms in total. The molecular weight excluding hydrogens is 419 g/mol. The van der Waals surface area contributed by atoms with Crippen LogP contribution in [-0.2, 0) is 11.2 Å². The van der Waals surface area contributed by atoms with Gasteiger partial charge in [0.25, 0.3) is 0 Å². The van der Waals surface area contributed by atoms with Gasteiger partial charge in [-0.2, -0.15) is 5.26 Å². The molecule has 0 spiro atoms. The molecule has 3 rings (SSSR count).